The summed E-state index contributed by atoms with van der Waals surface area (Å²) in [5, 5.41) is 12.6. The third-order valence-electron chi connectivity index (χ3n) is 3.32. The summed E-state index contributed by atoms with van der Waals surface area (Å²) in [5.74, 6) is -0.807. The number of halogens is 2. The summed E-state index contributed by atoms with van der Waals surface area (Å²) in [6.07, 6.45) is 0. The van der Waals surface area contributed by atoms with Crippen LogP contribution in [0.3, 0.4) is 0 Å². The summed E-state index contributed by atoms with van der Waals surface area (Å²) in [4.78, 5) is 0. The van der Waals surface area contributed by atoms with Crippen LogP contribution in [-0.2, 0) is 5.54 Å². The minimum atomic E-state index is -1.29. The molecule has 0 saturated carbocycles. The zero-order valence-corrected chi connectivity index (χ0v) is 11.9. The highest BCUT2D eigenvalue weighted by Crippen LogP contribution is 2.31. The van der Waals surface area contributed by atoms with E-state index in [1.165, 1.54) is 32.2 Å². The molecule has 1 atom stereocenters. The third kappa shape index (κ3) is 3.13. The average Bonchev–Trinajstić information content (AvgIpc) is 2.47. The molecule has 21 heavy (non-hydrogen) atoms. The van der Waals surface area contributed by atoms with Gasteiger partial charge in [0.1, 0.15) is 17.4 Å². The summed E-state index contributed by atoms with van der Waals surface area (Å²) < 4.78 is 33.0. The van der Waals surface area contributed by atoms with Crippen molar-refractivity contribution in [1.29, 1.82) is 0 Å². The second kappa shape index (κ2) is 6.10. The minimum absolute atomic E-state index is 0.199. The fourth-order valence-corrected chi connectivity index (χ4v) is 2.23. The molecule has 0 aromatic heterocycles. The summed E-state index contributed by atoms with van der Waals surface area (Å²) in [6, 6.07) is 10.5. The van der Waals surface area contributed by atoms with Crippen LogP contribution in [0.2, 0.25) is 0 Å². The molecule has 2 aromatic carbocycles. The number of nitrogens with one attached hydrogen (secondary N) is 1. The highest BCUT2D eigenvalue weighted by Gasteiger charge is 2.32. The molecule has 0 heterocycles. The Balaban J connectivity index is 2.41. The number of anilines is 1. The van der Waals surface area contributed by atoms with Crippen molar-refractivity contribution >= 4 is 5.69 Å². The first-order valence-electron chi connectivity index (χ1n) is 6.48. The van der Waals surface area contributed by atoms with E-state index in [0.29, 0.717) is 11.4 Å². The van der Waals surface area contributed by atoms with Gasteiger partial charge in [-0.05, 0) is 31.2 Å². The van der Waals surface area contributed by atoms with E-state index in [9.17, 15) is 13.9 Å². The van der Waals surface area contributed by atoms with Crippen molar-refractivity contribution in [3.63, 3.8) is 0 Å². The number of rotatable bonds is 5. The third-order valence-corrected chi connectivity index (χ3v) is 3.32. The van der Waals surface area contributed by atoms with E-state index in [4.69, 9.17) is 4.74 Å². The monoisotopic (exact) mass is 293 g/mol. The Kier molecular flexibility index (Phi) is 4.43. The molecule has 0 aliphatic heterocycles. The summed E-state index contributed by atoms with van der Waals surface area (Å²) in [6.45, 7) is 1.07. The van der Waals surface area contributed by atoms with Crippen LogP contribution in [-0.4, -0.2) is 18.8 Å². The Morgan fingerprint density at radius 2 is 1.76 bits per heavy atom. The Bertz CT molecular complexity index is 613. The highest BCUT2D eigenvalue weighted by atomic mass is 19.1. The SMILES string of the molecule is COc1cccc(NC(C)(CO)c2c(F)cccc2F)c1. The van der Waals surface area contributed by atoms with Crippen molar-refractivity contribution in [2.75, 3.05) is 19.0 Å². The molecule has 0 spiro atoms. The fraction of sp³-hybridized carbons (Fsp3) is 0.250. The first-order valence-corrected chi connectivity index (χ1v) is 6.48. The van der Waals surface area contributed by atoms with Gasteiger partial charge in [-0.1, -0.05) is 12.1 Å². The van der Waals surface area contributed by atoms with E-state index < -0.39 is 23.8 Å². The number of hydrogen-bond donors (Lipinski definition) is 2. The lowest BCUT2D eigenvalue weighted by Crippen LogP contribution is -2.37. The van der Waals surface area contributed by atoms with Crippen molar-refractivity contribution in [3.8, 4) is 5.75 Å². The molecular weight excluding hydrogens is 276 g/mol. The summed E-state index contributed by atoms with van der Waals surface area (Å²) in [5.41, 5.74) is -0.897. The number of ether oxygens (including phenoxy) is 1. The van der Waals surface area contributed by atoms with Crippen LogP contribution in [0, 0.1) is 11.6 Å². The lowest BCUT2D eigenvalue weighted by atomic mass is 9.91. The molecule has 112 valence electrons. The maximum Gasteiger partial charge on any atom is 0.131 e. The van der Waals surface area contributed by atoms with Crippen molar-refractivity contribution in [3.05, 3.63) is 59.7 Å². The maximum absolute atomic E-state index is 14.0. The first kappa shape index (κ1) is 15.3. The molecule has 0 fully saturated rings. The number of aliphatic hydroxyl groups excluding tert-OH is 1. The Morgan fingerprint density at radius 3 is 2.33 bits per heavy atom. The Morgan fingerprint density at radius 1 is 1.14 bits per heavy atom. The van der Waals surface area contributed by atoms with Gasteiger partial charge in [0.25, 0.3) is 0 Å². The predicted molar refractivity (Wildman–Crippen MR) is 77.4 cm³/mol. The molecule has 0 bridgehead atoms. The van der Waals surface area contributed by atoms with Gasteiger partial charge in [-0.15, -0.1) is 0 Å². The minimum Gasteiger partial charge on any atom is -0.497 e. The topological polar surface area (TPSA) is 41.5 Å². The molecule has 0 radical (unpaired) electrons. The van der Waals surface area contributed by atoms with Crippen molar-refractivity contribution in [2.24, 2.45) is 0 Å². The van der Waals surface area contributed by atoms with Crippen LogP contribution in [0.25, 0.3) is 0 Å². The molecule has 5 heteroatoms. The lowest BCUT2D eigenvalue weighted by molar-refractivity contribution is 0.216. The number of aliphatic hydroxyl groups is 1. The van der Waals surface area contributed by atoms with Crippen LogP contribution >= 0.6 is 0 Å². The van der Waals surface area contributed by atoms with E-state index in [-0.39, 0.29) is 5.56 Å². The van der Waals surface area contributed by atoms with Gasteiger partial charge in [0, 0.05) is 11.8 Å². The average molecular weight is 293 g/mol. The van der Waals surface area contributed by atoms with Gasteiger partial charge >= 0.3 is 0 Å². The number of methoxy groups -OCH3 is 1. The quantitative estimate of drug-likeness (QED) is 0.889. The van der Waals surface area contributed by atoms with Crippen molar-refractivity contribution in [1.82, 2.24) is 0 Å². The van der Waals surface area contributed by atoms with Crippen LogP contribution < -0.4 is 10.1 Å². The van der Waals surface area contributed by atoms with Gasteiger partial charge in [0.2, 0.25) is 0 Å². The smallest absolute Gasteiger partial charge is 0.131 e. The molecule has 0 amide bonds. The standard InChI is InChI=1S/C16H17F2NO2/c1-16(10-20,15-13(17)7-4-8-14(15)18)19-11-5-3-6-12(9-11)21-2/h3-9,19-20H,10H2,1-2H3. The number of hydrogen-bond acceptors (Lipinski definition) is 3. The normalized spacial score (nSPS) is 13.6. The van der Waals surface area contributed by atoms with Crippen molar-refractivity contribution in [2.45, 2.75) is 12.5 Å². The van der Waals surface area contributed by atoms with Crippen LogP contribution in [0.1, 0.15) is 12.5 Å². The predicted octanol–water partition coefficient (Wildman–Crippen LogP) is 3.29. The number of benzene rings is 2. The second-order valence-corrected chi connectivity index (χ2v) is 4.94. The molecule has 2 rings (SSSR count). The largest absolute Gasteiger partial charge is 0.497 e. The Labute approximate surface area is 122 Å². The van der Waals surface area contributed by atoms with Gasteiger partial charge in [0.15, 0.2) is 0 Å². The molecule has 1 unspecified atom stereocenters. The molecule has 3 nitrogen and oxygen atoms in total. The zero-order chi connectivity index (χ0) is 15.5. The van der Waals surface area contributed by atoms with Crippen LogP contribution in [0.5, 0.6) is 5.75 Å². The van der Waals surface area contributed by atoms with E-state index in [0.717, 1.165) is 0 Å². The van der Waals surface area contributed by atoms with Crippen LogP contribution in [0.15, 0.2) is 42.5 Å². The van der Waals surface area contributed by atoms with Gasteiger partial charge in [-0.25, -0.2) is 8.78 Å². The van der Waals surface area contributed by atoms with Gasteiger partial charge < -0.3 is 15.2 Å². The van der Waals surface area contributed by atoms with E-state index in [1.807, 2.05) is 0 Å². The van der Waals surface area contributed by atoms with E-state index in [2.05, 4.69) is 5.32 Å². The molecule has 2 aromatic rings. The molecule has 0 saturated heterocycles. The summed E-state index contributed by atoms with van der Waals surface area (Å²) >= 11 is 0. The molecular formula is C16H17F2NO2. The molecule has 2 N–H and O–H groups in total. The van der Waals surface area contributed by atoms with E-state index in [1.54, 1.807) is 24.3 Å². The molecule has 0 aliphatic rings. The van der Waals surface area contributed by atoms with E-state index >= 15 is 0 Å². The van der Waals surface area contributed by atoms with Gasteiger partial charge in [-0.3, -0.25) is 0 Å². The fourth-order valence-electron chi connectivity index (χ4n) is 2.23. The second-order valence-electron chi connectivity index (χ2n) is 4.94. The molecule has 0 aliphatic carbocycles. The van der Waals surface area contributed by atoms with Gasteiger partial charge in [-0.2, -0.15) is 0 Å². The highest BCUT2D eigenvalue weighted by molar-refractivity contribution is 5.52. The lowest BCUT2D eigenvalue weighted by Gasteiger charge is -2.31. The summed E-state index contributed by atoms with van der Waals surface area (Å²) in [7, 11) is 1.53. The van der Waals surface area contributed by atoms with Crippen LogP contribution in [0.4, 0.5) is 14.5 Å². The first-order chi connectivity index (χ1) is 10.00. The maximum atomic E-state index is 14.0. The Hall–Kier alpha value is -2.14. The van der Waals surface area contributed by atoms with Gasteiger partial charge in [0.05, 0.1) is 24.8 Å². The van der Waals surface area contributed by atoms with Crippen molar-refractivity contribution < 1.29 is 18.6 Å². The zero-order valence-electron chi connectivity index (χ0n) is 11.9.